The third-order valence-electron chi connectivity index (χ3n) is 7.17. The Morgan fingerprint density at radius 2 is 1.34 bits per heavy atom. The van der Waals surface area contributed by atoms with Crippen molar-refractivity contribution in [3.63, 3.8) is 0 Å². The summed E-state index contributed by atoms with van der Waals surface area (Å²) < 4.78 is 9.62. The smallest absolute Gasteiger partial charge is 0.321 e. The standard InChI is InChI=1S/C27H22N6O5/c1-4-31-16-8-6-5-7-14(16)15-11-13(9-10-17(15)31)32-22(34)18-19(23(32)35)21-20(18)24(36)33(25(21)37)26-28-12(2)29-27(30-26)38-3/h5-11,34-37H,4H2,1-3H3. The molecule has 4 N–H and O–H groups in total. The zero-order valence-electron chi connectivity index (χ0n) is 20.6. The Bertz CT molecular complexity index is 1910. The van der Waals surface area contributed by atoms with E-state index in [-0.39, 0.29) is 57.7 Å². The van der Waals surface area contributed by atoms with Gasteiger partial charge >= 0.3 is 6.01 Å². The highest BCUT2D eigenvalue weighted by atomic mass is 16.5. The molecule has 38 heavy (non-hydrogen) atoms. The minimum Gasteiger partial charge on any atom is -0.494 e. The van der Waals surface area contributed by atoms with E-state index in [9.17, 15) is 20.4 Å². The SMILES string of the molecule is CCn1c2ccccc2c2cc(-n3c(O)c4c(c3O)-c3c-4c(O)n(-c4nc(C)nc(OC)n4)c3O)ccc21. The van der Waals surface area contributed by atoms with Crippen LogP contribution >= 0.6 is 0 Å². The Balaban J connectivity index is 1.41. The van der Waals surface area contributed by atoms with Gasteiger partial charge in [-0.3, -0.25) is 4.57 Å². The lowest BCUT2D eigenvalue weighted by Crippen LogP contribution is -2.05. The summed E-state index contributed by atoms with van der Waals surface area (Å²) in [6.45, 7) is 4.50. The number of ether oxygens (including phenoxy) is 1. The van der Waals surface area contributed by atoms with Crippen LogP contribution in [0.1, 0.15) is 12.7 Å². The molecule has 6 aromatic rings. The zero-order valence-corrected chi connectivity index (χ0v) is 20.6. The fourth-order valence-electron chi connectivity index (χ4n) is 5.57. The van der Waals surface area contributed by atoms with Crippen LogP contribution in [0.4, 0.5) is 0 Å². The Hall–Kier alpha value is -5.19. The van der Waals surface area contributed by atoms with Crippen molar-refractivity contribution in [1.29, 1.82) is 0 Å². The Labute approximate surface area is 215 Å². The van der Waals surface area contributed by atoms with Crippen molar-refractivity contribution < 1.29 is 25.2 Å². The topological polar surface area (TPSA) is 144 Å². The predicted molar refractivity (Wildman–Crippen MR) is 140 cm³/mol. The highest BCUT2D eigenvalue weighted by molar-refractivity contribution is 6.13. The molecule has 4 heterocycles. The number of aromatic hydroxyl groups is 4. The van der Waals surface area contributed by atoms with Gasteiger partial charge in [-0.2, -0.15) is 15.0 Å². The van der Waals surface area contributed by atoms with Gasteiger partial charge in [-0.1, -0.05) is 18.2 Å². The number of para-hydroxylation sites is 1. The molecule has 0 aliphatic heterocycles. The van der Waals surface area contributed by atoms with E-state index in [0.717, 1.165) is 32.9 Å². The zero-order chi connectivity index (χ0) is 26.5. The Morgan fingerprint density at radius 1 is 0.737 bits per heavy atom. The monoisotopic (exact) mass is 510 g/mol. The van der Waals surface area contributed by atoms with E-state index in [4.69, 9.17) is 4.74 Å². The van der Waals surface area contributed by atoms with Crippen molar-refractivity contribution >= 4 is 21.8 Å². The first-order valence-electron chi connectivity index (χ1n) is 12.0. The number of aryl methyl sites for hydroxylation is 2. The predicted octanol–water partition coefficient (Wildman–Crippen LogP) is 4.37. The maximum absolute atomic E-state index is 11.2. The summed E-state index contributed by atoms with van der Waals surface area (Å²) in [5, 5.41) is 46.6. The number of rotatable bonds is 4. The molecule has 190 valence electrons. The lowest BCUT2D eigenvalue weighted by molar-refractivity contribution is 0.369. The molecule has 0 unspecified atom stereocenters. The largest absolute Gasteiger partial charge is 0.494 e. The first-order chi connectivity index (χ1) is 18.3. The molecule has 2 aromatic carbocycles. The summed E-state index contributed by atoms with van der Waals surface area (Å²) in [5.74, 6) is -1.04. The van der Waals surface area contributed by atoms with Crippen LogP contribution < -0.4 is 4.74 Å². The highest BCUT2D eigenvalue weighted by Crippen LogP contribution is 2.65. The van der Waals surface area contributed by atoms with E-state index in [2.05, 4.69) is 32.5 Å². The number of fused-ring (bicyclic) bond motifs is 7. The fraction of sp³-hybridized carbons (Fsp3) is 0.148. The lowest BCUT2D eigenvalue weighted by atomic mass is 9.86. The second-order valence-electron chi connectivity index (χ2n) is 9.10. The fourth-order valence-corrected chi connectivity index (χ4v) is 5.57. The van der Waals surface area contributed by atoms with Crippen LogP contribution in [0.3, 0.4) is 0 Å². The van der Waals surface area contributed by atoms with Crippen molar-refractivity contribution in [1.82, 2.24) is 28.7 Å². The summed E-state index contributed by atoms with van der Waals surface area (Å²) in [6.07, 6.45) is 0. The van der Waals surface area contributed by atoms with Gasteiger partial charge in [0.25, 0.3) is 0 Å². The maximum atomic E-state index is 11.2. The maximum Gasteiger partial charge on any atom is 0.321 e. The minimum atomic E-state index is -0.383. The van der Waals surface area contributed by atoms with E-state index >= 15 is 0 Å². The minimum absolute atomic E-state index is 0.0117. The van der Waals surface area contributed by atoms with Gasteiger partial charge in [-0.25, -0.2) is 4.57 Å². The summed E-state index contributed by atoms with van der Waals surface area (Å²) in [4.78, 5) is 12.3. The number of hydrogen-bond acceptors (Lipinski definition) is 8. The van der Waals surface area contributed by atoms with Gasteiger partial charge in [0, 0.05) is 28.4 Å². The van der Waals surface area contributed by atoms with Crippen LogP contribution in [0.5, 0.6) is 29.5 Å². The number of hydrogen-bond donors (Lipinski definition) is 4. The summed E-state index contributed by atoms with van der Waals surface area (Å²) in [5.41, 5.74) is 3.48. The first-order valence-corrected chi connectivity index (χ1v) is 12.0. The van der Waals surface area contributed by atoms with Gasteiger partial charge in [-0.05, 0) is 38.1 Å². The van der Waals surface area contributed by atoms with Crippen molar-refractivity contribution in [2.24, 2.45) is 0 Å². The second-order valence-corrected chi connectivity index (χ2v) is 9.10. The molecule has 11 heteroatoms. The average molecular weight is 511 g/mol. The molecule has 1 aliphatic carbocycles. The Morgan fingerprint density at radius 3 is 1.97 bits per heavy atom. The normalized spacial score (nSPS) is 12.1. The van der Waals surface area contributed by atoms with Crippen LogP contribution in [-0.2, 0) is 6.54 Å². The molecule has 0 radical (unpaired) electrons. The average Bonchev–Trinajstić information content (AvgIpc) is 3.39. The first kappa shape index (κ1) is 22.0. The van der Waals surface area contributed by atoms with E-state index in [1.165, 1.54) is 11.7 Å². The van der Waals surface area contributed by atoms with Crippen LogP contribution in [0.25, 0.3) is 55.7 Å². The van der Waals surface area contributed by atoms with Gasteiger partial charge in [0.2, 0.25) is 29.5 Å². The van der Waals surface area contributed by atoms with Gasteiger partial charge < -0.3 is 29.7 Å². The molecule has 0 amide bonds. The van der Waals surface area contributed by atoms with Crippen LogP contribution in [0.15, 0.2) is 42.5 Å². The number of methoxy groups -OCH3 is 1. The number of nitrogens with zero attached hydrogens (tertiary/aromatic N) is 6. The van der Waals surface area contributed by atoms with Gasteiger partial charge in [-0.15, -0.1) is 0 Å². The van der Waals surface area contributed by atoms with E-state index in [0.29, 0.717) is 11.5 Å². The molecule has 0 saturated heterocycles. The number of aromatic nitrogens is 6. The van der Waals surface area contributed by atoms with Crippen molar-refractivity contribution in [2.45, 2.75) is 20.4 Å². The summed E-state index contributed by atoms with van der Waals surface area (Å²) in [7, 11) is 1.39. The molecule has 4 aromatic heterocycles. The third-order valence-corrected chi connectivity index (χ3v) is 7.17. The van der Waals surface area contributed by atoms with Crippen molar-refractivity contribution in [2.75, 3.05) is 7.11 Å². The number of benzene rings is 2. The van der Waals surface area contributed by atoms with Crippen LogP contribution in [0, 0.1) is 6.92 Å². The molecule has 0 bridgehead atoms. The highest BCUT2D eigenvalue weighted by Gasteiger charge is 2.44. The quantitative estimate of drug-likeness (QED) is 0.273. The van der Waals surface area contributed by atoms with Crippen LogP contribution in [0.2, 0.25) is 0 Å². The van der Waals surface area contributed by atoms with Gasteiger partial charge in [0.05, 0.1) is 35.1 Å². The molecule has 0 saturated carbocycles. The molecule has 1 aliphatic rings. The van der Waals surface area contributed by atoms with E-state index in [1.807, 2.05) is 36.4 Å². The summed E-state index contributed by atoms with van der Waals surface area (Å²) >= 11 is 0. The van der Waals surface area contributed by atoms with Gasteiger partial charge in [0.15, 0.2) is 0 Å². The molecular weight excluding hydrogens is 488 g/mol. The van der Waals surface area contributed by atoms with Crippen molar-refractivity contribution in [3.05, 3.63) is 48.3 Å². The lowest BCUT2D eigenvalue weighted by Gasteiger charge is -2.14. The van der Waals surface area contributed by atoms with E-state index in [1.54, 1.807) is 6.92 Å². The second kappa shape index (κ2) is 7.42. The molecule has 0 fully saturated rings. The van der Waals surface area contributed by atoms with E-state index < -0.39 is 0 Å². The molecule has 11 nitrogen and oxygen atoms in total. The molecule has 0 spiro atoms. The summed E-state index contributed by atoms with van der Waals surface area (Å²) in [6, 6.07) is 13.8. The Kier molecular flexibility index (Phi) is 4.30. The van der Waals surface area contributed by atoms with Crippen molar-refractivity contribution in [3.8, 4) is 63.4 Å². The van der Waals surface area contributed by atoms with Crippen LogP contribution in [-0.4, -0.2) is 56.2 Å². The molecular formula is C27H22N6O5. The molecule has 7 rings (SSSR count). The van der Waals surface area contributed by atoms with Gasteiger partial charge in [0.1, 0.15) is 5.82 Å². The third kappa shape index (κ3) is 2.59. The molecule has 0 atom stereocenters.